The van der Waals surface area contributed by atoms with Gasteiger partial charge in [-0.3, -0.25) is 0 Å². The second kappa shape index (κ2) is 4.81. The third kappa shape index (κ3) is 2.82. The molecule has 1 saturated carbocycles. The van der Waals surface area contributed by atoms with Gasteiger partial charge in [-0.1, -0.05) is 44.2 Å². The molecule has 1 aliphatic rings. The first kappa shape index (κ1) is 13.5. The number of nitrogens with zero attached hydrogens (tertiary/aromatic N) is 2. The van der Waals surface area contributed by atoms with E-state index in [1.807, 2.05) is 12.1 Å². The number of hydrogen-bond donors (Lipinski definition) is 1. The largest absolute Gasteiger partial charge is 0.357 e. The van der Waals surface area contributed by atoms with Crippen molar-refractivity contribution in [1.29, 1.82) is 0 Å². The number of rotatable bonds is 3. The van der Waals surface area contributed by atoms with Gasteiger partial charge in [0.25, 0.3) is 0 Å². The van der Waals surface area contributed by atoms with E-state index in [0.29, 0.717) is 12.0 Å². The molecule has 3 nitrogen and oxygen atoms in total. The van der Waals surface area contributed by atoms with Crippen molar-refractivity contribution in [2.24, 2.45) is 0 Å². The fourth-order valence-corrected chi connectivity index (χ4v) is 3.04. The number of nitrogens with one attached hydrogen (secondary N) is 1. The van der Waals surface area contributed by atoms with Gasteiger partial charge in [0.05, 0.1) is 0 Å². The van der Waals surface area contributed by atoms with Crippen molar-refractivity contribution in [2.45, 2.75) is 44.6 Å². The highest BCUT2D eigenvalue weighted by Gasteiger charge is 2.39. The highest BCUT2D eigenvalue weighted by molar-refractivity contribution is 7.15. The van der Waals surface area contributed by atoms with Crippen LogP contribution in [0, 0.1) is 5.82 Å². The summed E-state index contributed by atoms with van der Waals surface area (Å²) in [6.45, 7) is 6.40. The summed E-state index contributed by atoms with van der Waals surface area (Å²) in [7, 11) is 0. The predicted molar refractivity (Wildman–Crippen MR) is 79.8 cm³/mol. The third-order valence-corrected chi connectivity index (χ3v) is 4.74. The summed E-state index contributed by atoms with van der Waals surface area (Å²) in [5, 5.41) is 13.8. The molecule has 2 atom stereocenters. The fourth-order valence-electron chi connectivity index (χ4n) is 2.18. The Labute approximate surface area is 122 Å². The lowest BCUT2D eigenvalue weighted by Gasteiger charge is -2.12. The van der Waals surface area contributed by atoms with Crippen molar-refractivity contribution in [2.75, 3.05) is 5.32 Å². The van der Waals surface area contributed by atoms with E-state index in [0.717, 1.165) is 16.6 Å². The summed E-state index contributed by atoms with van der Waals surface area (Å²) in [4.78, 5) is 0. The smallest absolute Gasteiger partial charge is 0.205 e. The van der Waals surface area contributed by atoms with Crippen molar-refractivity contribution in [1.82, 2.24) is 10.2 Å². The molecule has 0 spiro atoms. The van der Waals surface area contributed by atoms with Crippen LogP contribution in [-0.4, -0.2) is 16.2 Å². The maximum absolute atomic E-state index is 12.9. The molecule has 1 heterocycles. The lowest BCUT2D eigenvalue weighted by molar-refractivity contribution is 0.578. The van der Waals surface area contributed by atoms with Crippen LogP contribution in [0.4, 0.5) is 9.52 Å². The topological polar surface area (TPSA) is 37.8 Å². The van der Waals surface area contributed by atoms with E-state index in [1.54, 1.807) is 11.3 Å². The van der Waals surface area contributed by atoms with Crippen LogP contribution in [0.25, 0.3) is 0 Å². The van der Waals surface area contributed by atoms with Crippen molar-refractivity contribution >= 4 is 16.5 Å². The lowest BCUT2D eigenvalue weighted by atomic mass is 9.98. The van der Waals surface area contributed by atoms with Crippen LogP contribution in [-0.2, 0) is 5.41 Å². The van der Waals surface area contributed by atoms with Gasteiger partial charge in [0.2, 0.25) is 5.13 Å². The van der Waals surface area contributed by atoms with E-state index >= 15 is 0 Å². The Morgan fingerprint density at radius 3 is 2.50 bits per heavy atom. The summed E-state index contributed by atoms with van der Waals surface area (Å²) < 4.78 is 12.9. The number of halogens is 1. The minimum absolute atomic E-state index is 0.0392. The Morgan fingerprint density at radius 1 is 1.20 bits per heavy atom. The van der Waals surface area contributed by atoms with E-state index in [4.69, 9.17) is 0 Å². The maximum Gasteiger partial charge on any atom is 0.205 e. The molecule has 0 amide bonds. The van der Waals surface area contributed by atoms with Gasteiger partial charge < -0.3 is 5.32 Å². The van der Waals surface area contributed by atoms with Gasteiger partial charge in [-0.05, 0) is 24.1 Å². The van der Waals surface area contributed by atoms with Gasteiger partial charge in [-0.2, -0.15) is 0 Å². The Morgan fingerprint density at radius 2 is 1.90 bits per heavy atom. The molecule has 3 rings (SSSR count). The van der Waals surface area contributed by atoms with Crippen LogP contribution in [0.1, 0.15) is 43.7 Å². The van der Waals surface area contributed by atoms with Gasteiger partial charge in [-0.25, -0.2) is 4.39 Å². The first-order valence-corrected chi connectivity index (χ1v) is 7.61. The van der Waals surface area contributed by atoms with Gasteiger partial charge in [0, 0.05) is 17.4 Å². The second-order valence-electron chi connectivity index (χ2n) is 6.31. The first-order valence-electron chi connectivity index (χ1n) is 6.79. The average Bonchev–Trinajstić information content (AvgIpc) is 2.95. The normalized spacial score (nSPS) is 21.8. The van der Waals surface area contributed by atoms with Gasteiger partial charge in [0.15, 0.2) is 0 Å². The molecule has 106 valence electrons. The van der Waals surface area contributed by atoms with Crippen molar-refractivity contribution in [3.63, 3.8) is 0 Å². The van der Waals surface area contributed by atoms with Gasteiger partial charge in [0.1, 0.15) is 10.8 Å². The fraction of sp³-hybridized carbons (Fsp3) is 0.467. The van der Waals surface area contributed by atoms with Crippen LogP contribution in [0.15, 0.2) is 24.3 Å². The standard InChI is InChI=1S/C15H18FN3S/c1-15(2,3)13-18-19-14(20-13)17-12-8-11(12)9-4-6-10(16)7-5-9/h4-7,11-12H,8H2,1-3H3,(H,17,19)/t11-,12+/m0/s1. The Bertz CT molecular complexity index is 600. The van der Waals surface area contributed by atoms with Crippen LogP contribution >= 0.6 is 11.3 Å². The molecular weight excluding hydrogens is 273 g/mol. The van der Waals surface area contributed by atoms with Crippen molar-refractivity contribution in [3.8, 4) is 0 Å². The van der Waals surface area contributed by atoms with Crippen LogP contribution in [0.3, 0.4) is 0 Å². The molecule has 0 bridgehead atoms. The number of hydrogen-bond acceptors (Lipinski definition) is 4. The monoisotopic (exact) mass is 291 g/mol. The minimum atomic E-state index is -0.183. The van der Waals surface area contributed by atoms with Crippen molar-refractivity contribution in [3.05, 3.63) is 40.7 Å². The number of aromatic nitrogens is 2. The van der Waals surface area contributed by atoms with Crippen LogP contribution in [0.2, 0.25) is 0 Å². The van der Waals surface area contributed by atoms with E-state index in [-0.39, 0.29) is 11.2 Å². The number of benzene rings is 1. The molecule has 0 radical (unpaired) electrons. The SMILES string of the molecule is CC(C)(C)c1nnc(N[C@@H]2C[C@H]2c2ccc(F)cc2)s1. The van der Waals surface area contributed by atoms with E-state index < -0.39 is 0 Å². The molecule has 5 heteroatoms. The lowest BCUT2D eigenvalue weighted by Crippen LogP contribution is -2.10. The van der Waals surface area contributed by atoms with Crippen molar-refractivity contribution < 1.29 is 4.39 Å². The van der Waals surface area contributed by atoms with E-state index in [1.165, 1.54) is 17.7 Å². The molecule has 1 aromatic heterocycles. The van der Waals surface area contributed by atoms with E-state index in [2.05, 4.69) is 36.3 Å². The Balaban J connectivity index is 1.63. The van der Waals surface area contributed by atoms with E-state index in [9.17, 15) is 4.39 Å². The summed E-state index contributed by atoms with van der Waals surface area (Å²) in [5.41, 5.74) is 1.22. The molecule has 20 heavy (non-hydrogen) atoms. The van der Waals surface area contributed by atoms with Crippen LogP contribution in [0.5, 0.6) is 0 Å². The zero-order valence-corrected chi connectivity index (χ0v) is 12.7. The summed E-state index contributed by atoms with van der Waals surface area (Å²) in [6.07, 6.45) is 1.07. The van der Waals surface area contributed by atoms with Gasteiger partial charge in [-0.15, -0.1) is 10.2 Å². The predicted octanol–water partition coefficient (Wildman–Crippen LogP) is 3.94. The zero-order valence-electron chi connectivity index (χ0n) is 11.9. The minimum Gasteiger partial charge on any atom is -0.357 e. The Hall–Kier alpha value is -1.49. The summed E-state index contributed by atoms with van der Waals surface area (Å²) >= 11 is 1.61. The molecule has 0 aliphatic heterocycles. The molecule has 0 saturated heterocycles. The molecule has 1 N–H and O–H groups in total. The quantitative estimate of drug-likeness (QED) is 0.930. The maximum atomic E-state index is 12.9. The molecule has 1 aromatic carbocycles. The zero-order chi connectivity index (χ0) is 14.3. The first-order chi connectivity index (χ1) is 9.43. The molecule has 1 fully saturated rings. The highest BCUT2D eigenvalue weighted by atomic mass is 32.1. The molecular formula is C15H18FN3S. The summed E-state index contributed by atoms with van der Waals surface area (Å²) in [6, 6.07) is 7.16. The second-order valence-corrected chi connectivity index (χ2v) is 7.28. The number of anilines is 1. The highest BCUT2D eigenvalue weighted by Crippen LogP contribution is 2.43. The van der Waals surface area contributed by atoms with Gasteiger partial charge >= 0.3 is 0 Å². The third-order valence-electron chi connectivity index (χ3n) is 3.46. The molecule has 0 unspecified atom stereocenters. The average molecular weight is 291 g/mol. The summed E-state index contributed by atoms with van der Waals surface area (Å²) in [5.74, 6) is 0.274. The molecule has 2 aromatic rings. The Kier molecular flexibility index (Phi) is 3.24. The van der Waals surface area contributed by atoms with Crippen LogP contribution < -0.4 is 5.32 Å². The molecule has 1 aliphatic carbocycles.